The van der Waals surface area contributed by atoms with Crippen molar-refractivity contribution in [1.82, 2.24) is 15.0 Å². The van der Waals surface area contributed by atoms with E-state index in [9.17, 15) is 9.59 Å². The molecule has 0 aliphatic rings. The Kier molecular flexibility index (Phi) is 5.98. The first-order chi connectivity index (χ1) is 13.1. The SMILES string of the molecule is NC(=O)CCN(Cc1ccccc1)C(=O)CCc1nc(-c2ccco2)no1. The van der Waals surface area contributed by atoms with Crippen molar-refractivity contribution >= 4 is 11.8 Å². The first-order valence-electron chi connectivity index (χ1n) is 8.58. The van der Waals surface area contributed by atoms with E-state index in [4.69, 9.17) is 14.7 Å². The molecule has 0 unspecified atom stereocenters. The summed E-state index contributed by atoms with van der Waals surface area (Å²) in [5.74, 6) is 0.642. The molecule has 3 rings (SSSR count). The number of aryl methyl sites for hydroxylation is 1. The number of benzene rings is 1. The fourth-order valence-corrected chi connectivity index (χ4v) is 2.58. The van der Waals surface area contributed by atoms with Gasteiger partial charge in [0, 0.05) is 32.4 Å². The molecule has 0 aliphatic heterocycles. The van der Waals surface area contributed by atoms with Crippen LogP contribution in [0, 0.1) is 0 Å². The predicted molar refractivity (Wildman–Crippen MR) is 96.0 cm³/mol. The van der Waals surface area contributed by atoms with E-state index in [2.05, 4.69) is 10.1 Å². The van der Waals surface area contributed by atoms with Crippen LogP contribution in [0.5, 0.6) is 0 Å². The molecule has 0 saturated heterocycles. The molecule has 0 bridgehead atoms. The Morgan fingerprint density at radius 3 is 2.59 bits per heavy atom. The molecule has 0 fully saturated rings. The average Bonchev–Trinajstić information content (AvgIpc) is 3.35. The van der Waals surface area contributed by atoms with Crippen LogP contribution in [0.4, 0.5) is 0 Å². The first kappa shape index (κ1) is 18.4. The Bertz CT molecular complexity index is 874. The largest absolute Gasteiger partial charge is 0.461 e. The molecule has 8 heteroatoms. The highest BCUT2D eigenvalue weighted by atomic mass is 16.5. The van der Waals surface area contributed by atoms with Gasteiger partial charge in [-0.3, -0.25) is 9.59 Å². The molecule has 27 heavy (non-hydrogen) atoms. The maximum absolute atomic E-state index is 12.6. The van der Waals surface area contributed by atoms with Crippen molar-refractivity contribution in [3.63, 3.8) is 0 Å². The Morgan fingerprint density at radius 1 is 1.07 bits per heavy atom. The molecule has 140 valence electrons. The molecule has 2 amide bonds. The predicted octanol–water partition coefficient (Wildman–Crippen LogP) is 2.17. The molecule has 0 atom stereocenters. The maximum Gasteiger partial charge on any atom is 0.238 e. The Labute approximate surface area is 156 Å². The third kappa shape index (κ3) is 5.27. The van der Waals surface area contributed by atoms with Crippen molar-refractivity contribution < 1.29 is 18.5 Å². The minimum absolute atomic E-state index is 0.113. The quantitative estimate of drug-likeness (QED) is 0.619. The van der Waals surface area contributed by atoms with Crippen LogP contribution in [0.15, 0.2) is 57.7 Å². The number of nitrogens with zero attached hydrogens (tertiary/aromatic N) is 3. The van der Waals surface area contributed by atoms with E-state index in [-0.39, 0.29) is 25.3 Å². The van der Waals surface area contributed by atoms with Crippen LogP contribution in [0.2, 0.25) is 0 Å². The van der Waals surface area contributed by atoms with Crippen LogP contribution in [-0.4, -0.2) is 33.4 Å². The number of carbonyl (C=O) groups is 2. The van der Waals surface area contributed by atoms with Crippen molar-refractivity contribution in [2.45, 2.75) is 25.8 Å². The van der Waals surface area contributed by atoms with Crippen LogP contribution >= 0.6 is 0 Å². The summed E-state index contributed by atoms with van der Waals surface area (Å²) in [5, 5.41) is 3.84. The van der Waals surface area contributed by atoms with Gasteiger partial charge < -0.3 is 19.6 Å². The van der Waals surface area contributed by atoms with E-state index in [0.29, 0.717) is 30.4 Å². The van der Waals surface area contributed by atoms with Gasteiger partial charge in [0.05, 0.1) is 6.26 Å². The molecule has 2 N–H and O–H groups in total. The zero-order valence-corrected chi connectivity index (χ0v) is 14.7. The van der Waals surface area contributed by atoms with E-state index >= 15 is 0 Å². The minimum Gasteiger partial charge on any atom is -0.461 e. The second-order valence-electron chi connectivity index (χ2n) is 6.01. The highest BCUT2D eigenvalue weighted by Crippen LogP contribution is 2.16. The summed E-state index contributed by atoms with van der Waals surface area (Å²) >= 11 is 0. The number of carbonyl (C=O) groups excluding carboxylic acids is 2. The summed E-state index contributed by atoms with van der Waals surface area (Å²) in [6.07, 6.45) is 2.12. The highest BCUT2D eigenvalue weighted by molar-refractivity contribution is 5.78. The normalized spacial score (nSPS) is 10.7. The van der Waals surface area contributed by atoms with Gasteiger partial charge >= 0.3 is 0 Å². The van der Waals surface area contributed by atoms with Crippen LogP contribution in [0.25, 0.3) is 11.6 Å². The average molecular weight is 368 g/mol. The third-order valence-corrected chi connectivity index (χ3v) is 3.96. The summed E-state index contributed by atoms with van der Waals surface area (Å²) < 4.78 is 10.4. The molecule has 8 nitrogen and oxygen atoms in total. The van der Waals surface area contributed by atoms with Gasteiger partial charge in [0.15, 0.2) is 5.76 Å². The van der Waals surface area contributed by atoms with Gasteiger partial charge in [-0.2, -0.15) is 4.98 Å². The van der Waals surface area contributed by atoms with Crippen LogP contribution in [-0.2, 0) is 22.6 Å². The number of primary amides is 1. The first-order valence-corrected chi connectivity index (χ1v) is 8.58. The second kappa shape index (κ2) is 8.79. The summed E-state index contributed by atoms with van der Waals surface area (Å²) in [6.45, 7) is 0.680. The van der Waals surface area contributed by atoms with Crippen LogP contribution in [0.3, 0.4) is 0 Å². The fourth-order valence-electron chi connectivity index (χ4n) is 2.58. The molecule has 3 aromatic rings. The Balaban J connectivity index is 1.60. The second-order valence-corrected chi connectivity index (χ2v) is 6.01. The lowest BCUT2D eigenvalue weighted by Gasteiger charge is -2.22. The van der Waals surface area contributed by atoms with Gasteiger partial charge in [0.1, 0.15) is 0 Å². The van der Waals surface area contributed by atoms with Crippen molar-refractivity contribution in [1.29, 1.82) is 0 Å². The van der Waals surface area contributed by atoms with E-state index in [1.54, 1.807) is 17.0 Å². The molecule has 0 radical (unpaired) electrons. The Hall–Kier alpha value is -3.42. The number of hydrogen-bond donors (Lipinski definition) is 1. The standard InChI is InChI=1S/C19H20N4O4/c20-16(24)10-11-23(13-14-5-2-1-3-6-14)18(25)9-8-17-21-19(22-27-17)15-7-4-12-26-15/h1-7,12H,8-11,13H2,(H2,20,24). The van der Waals surface area contributed by atoms with E-state index in [0.717, 1.165) is 5.56 Å². The molecular weight excluding hydrogens is 348 g/mol. The summed E-state index contributed by atoms with van der Waals surface area (Å²) in [7, 11) is 0. The van der Waals surface area contributed by atoms with Gasteiger partial charge in [0.2, 0.25) is 23.5 Å². The molecule has 2 heterocycles. The third-order valence-electron chi connectivity index (χ3n) is 3.96. The van der Waals surface area contributed by atoms with Gasteiger partial charge in [-0.05, 0) is 17.7 Å². The molecular formula is C19H20N4O4. The van der Waals surface area contributed by atoms with Crippen LogP contribution < -0.4 is 5.73 Å². The summed E-state index contributed by atoms with van der Waals surface area (Å²) in [4.78, 5) is 29.6. The number of amides is 2. The van der Waals surface area contributed by atoms with Crippen LogP contribution in [0.1, 0.15) is 24.3 Å². The molecule has 1 aromatic carbocycles. The number of aromatic nitrogens is 2. The zero-order valence-electron chi connectivity index (χ0n) is 14.7. The minimum atomic E-state index is -0.444. The van der Waals surface area contributed by atoms with Gasteiger partial charge in [-0.15, -0.1) is 0 Å². The lowest BCUT2D eigenvalue weighted by atomic mass is 10.2. The number of hydrogen-bond acceptors (Lipinski definition) is 6. The lowest BCUT2D eigenvalue weighted by Crippen LogP contribution is -2.33. The van der Waals surface area contributed by atoms with Gasteiger partial charge in [0.25, 0.3) is 0 Å². The Morgan fingerprint density at radius 2 is 1.89 bits per heavy atom. The van der Waals surface area contributed by atoms with Crippen molar-refractivity contribution in [3.05, 3.63) is 60.2 Å². The van der Waals surface area contributed by atoms with Crippen molar-refractivity contribution in [2.24, 2.45) is 5.73 Å². The molecule has 0 aliphatic carbocycles. The van der Waals surface area contributed by atoms with Gasteiger partial charge in [-0.1, -0.05) is 35.5 Å². The zero-order chi connectivity index (χ0) is 19.1. The summed E-state index contributed by atoms with van der Waals surface area (Å²) in [5.41, 5.74) is 6.21. The van der Waals surface area contributed by atoms with Gasteiger partial charge in [-0.25, -0.2) is 0 Å². The van der Waals surface area contributed by atoms with E-state index in [1.807, 2.05) is 30.3 Å². The lowest BCUT2D eigenvalue weighted by molar-refractivity contribution is -0.132. The van der Waals surface area contributed by atoms with E-state index < -0.39 is 5.91 Å². The number of rotatable bonds is 9. The molecule has 2 aromatic heterocycles. The monoisotopic (exact) mass is 368 g/mol. The maximum atomic E-state index is 12.6. The topological polar surface area (TPSA) is 115 Å². The van der Waals surface area contributed by atoms with E-state index in [1.165, 1.54) is 6.26 Å². The van der Waals surface area contributed by atoms with Crippen molar-refractivity contribution in [2.75, 3.05) is 6.54 Å². The number of furan rings is 1. The highest BCUT2D eigenvalue weighted by Gasteiger charge is 2.17. The van der Waals surface area contributed by atoms with Crippen molar-refractivity contribution in [3.8, 4) is 11.6 Å². The number of nitrogens with two attached hydrogens (primary N) is 1. The molecule has 0 saturated carbocycles. The smallest absolute Gasteiger partial charge is 0.238 e. The molecule has 0 spiro atoms. The fraction of sp³-hybridized carbons (Fsp3) is 0.263. The summed E-state index contributed by atoms with van der Waals surface area (Å²) in [6, 6.07) is 13.0.